The van der Waals surface area contributed by atoms with Crippen molar-refractivity contribution in [3.05, 3.63) is 34.9 Å². The van der Waals surface area contributed by atoms with Gasteiger partial charge in [-0.15, -0.1) is 0 Å². The Kier molecular flexibility index (Phi) is 3.53. The molecule has 1 N–H and O–H groups in total. The standard InChI is InChI=1S/C11H5F3O3/c12-11(13,14)9-6-7(2-1-5-15)3-4-8(9)10(16)17/h3-6H,(H,16,17). The van der Waals surface area contributed by atoms with Gasteiger partial charge in [0.05, 0.1) is 11.1 Å². The molecule has 0 atom stereocenters. The van der Waals surface area contributed by atoms with Gasteiger partial charge in [-0.2, -0.15) is 13.2 Å². The van der Waals surface area contributed by atoms with Crippen LogP contribution in [0.25, 0.3) is 0 Å². The largest absolute Gasteiger partial charge is 0.478 e. The molecule has 0 saturated heterocycles. The molecule has 88 valence electrons. The number of hydrogen-bond acceptors (Lipinski definition) is 2. The van der Waals surface area contributed by atoms with Crippen LogP contribution in [-0.2, 0) is 11.0 Å². The second-order valence-electron chi connectivity index (χ2n) is 2.95. The first-order valence-electron chi connectivity index (χ1n) is 4.26. The molecule has 1 rings (SSSR count). The second-order valence-corrected chi connectivity index (χ2v) is 2.95. The van der Waals surface area contributed by atoms with E-state index in [2.05, 4.69) is 5.92 Å². The second kappa shape index (κ2) is 4.70. The first kappa shape index (κ1) is 12.8. The number of hydrogen-bond donors (Lipinski definition) is 1. The molecular formula is C11H5F3O3. The highest BCUT2D eigenvalue weighted by molar-refractivity contribution is 5.90. The van der Waals surface area contributed by atoms with Crippen LogP contribution < -0.4 is 0 Å². The van der Waals surface area contributed by atoms with Crippen molar-refractivity contribution in [3.63, 3.8) is 0 Å². The molecule has 0 unspecified atom stereocenters. The van der Waals surface area contributed by atoms with Crippen LogP contribution in [0, 0.1) is 11.8 Å². The highest BCUT2D eigenvalue weighted by atomic mass is 19.4. The van der Waals surface area contributed by atoms with Crippen molar-refractivity contribution in [2.75, 3.05) is 0 Å². The van der Waals surface area contributed by atoms with E-state index in [-0.39, 0.29) is 11.8 Å². The monoisotopic (exact) mass is 242 g/mol. The van der Waals surface area contributed by atoms with Gasteiger partial charge in [-0.05, 0) is 24.1 Å². The maximum Gasteiger partial charge on any atom is 0.417 e. The molecule has 0 aliphatic rings. The van der Waals surface area contributed by atoms with Gasteiger partial charge in [-0.25, -0.2) is 4.79 Å². The molecule has 0 aliphatic heterocycles. The highest BCUT2D eigenvalue weighted by Gasteiger charge is 2.35. The number of aldehydes is 1. The van der Waals surface area contributed by atoms with Gasteiger partial charge >= 0.3 is 12.1 Å². The summed E-state index contributed by atoms with van der Waals surface area (Å²) in [6.45, 7) is 0. The van der Waals surface area contributed by atoms with E-state index in [0.717, 1.165) is 12.1 Å². The molecule has 0 radical (unpaired) electrons. The van der Waals surface area contributed by atoms with Crippen LogP contribution in [0.15, 0.2) is 18.2 Å². The average molecular weight is 242 g/mol. The van der Waals surface area contributed by atoms with E-state index in [4.69, 9.17) is 5.11 Å². The highest BCUT2D eigenvalue weighted by Crippen LogP contribution is 2.32. The van der Waals surface area contributed by atoms with Crippen molar-refractivity contribution in [1.82, 2.24) is 0 Å². The van der Waals surface area contributed by atoms with E-state index in [1.54, 1.807) is 0 Å². The minimum atomic E-state index is -4.79. The predicted molar refractivity (Wildman–Crippen MR) is 51.3 cm³/mol. The average Bonchev–Trinajstić information content (AvgIpc) is 2.24. The molecule has 0 heterocycles. The lowest BCUT2D eigenvalue weighted by Crippen LogP contribution is -2.13. The summed E-state index contributed by atoms with van der Waals surface area (Å²) in [5.74, 6) is 2.43. The summed E-state index contributed by atoms with van der Waals surface area (Å²) in [6.07, 6.45) is -4.55. The zero-order chi connectivity index (χ0) is 13.1. The fraction of sp³-hybridized carbons (Fsp3) is 0.0909. The Hall–Kier alpha value is -2.29. The SMILES string of the molecule is O=CC#Cc1ccc(C(=O)O)c(C(F)(F)F)c1. The third-order valence-corrected chi connectivity index (χ3v) is 1.83. The fourth-order valence-corrected chi connectivity index (χ4v) is 1.16. The van der Waals surface area contributed by atoms with Gasteiger partial charge in [0.25, 0.3) is 0 Å². The van der Waals surface area contributed by atoms with Crippen LogP contribution in [0.1, 0.15) is 21.5 Å². The van der Waals surface area contributed by atoms with Crippen molar-refractivity contribution < 1.29 is 27.9 Å². The first-order chi connectivity index (χ1) is 7.86. The van der Waals surface area contributed by atoms with Gasteiger partial charge < -0.3 is 5.11 Å². The van der Waals surface area contributed by atoms with E-state index in [0.29, 0.717) is 6.07 Å². The zero-order valence-corrected chi connectivity index (χ0v) is 8.21. The summed E-state index contributed by atoms with van der Waals surface area (Å²) in [5, 5.41) is 8.60. The van der Waals surface area contributed by atoms with Gasteiger partial charge in [0.1, 0.15) is 0 Å². The van der Waals surface area contributed by atoms with E-state index < -0.39 is 23.3 Å². The molecule has 17 heavy (non-hydrogen) atoms. The van der Waals surface area contributed by atoms with Gasteiger partial charge in [0.15, 0.2) is 6.29 Å². The van der Waals surface area contributed by atoms with Gasteiger partial charge in [-0.1, -0.05) is 5.92 Å². The van der Waals surface area contributed by atoms with Gasteiger partial charge in [0.2, 0.25) is 0 Å². The number of carboxylic acid groups (broad SMARTS) is 1. The molecule has 0 saturated carbocycles. The maximum atomic E-state index is 12.5. The lowest BCUT2D eigenvalue weighted by molar-refractivity contribution is -0.138. The summed E-state index contributed by atoms with van der Waals surface area (Å²) in [6, 6.07) is 2.51. The van der Waals surface area contributed by atoms with Crippen LogP contribution in [-0.4, -0.2) is 17.4 Å². The molecular weight excluding hydrogens is 237 g/mol. The van der Waals surface area contributed by atoms with Crippen molar-refractivity contribution in [1.29, 1.82) is 0 Å². The van der Waals surface area contributed by atoms with Crippen molar-refractivity contribution in [3.8, 4) is 11.8 Å². The Morgan fingerprint density at radius 1 is 1.35 bits per heavy atom. The molecule has 0 aromatic heterocycles. The predicted octanol–water partition coefficient (Wildman–Crippen LogP) is 1.95. The Labute approximate surface area is 93.9 Å². The third-order valence-electron chi connectivity index (χ3n) is 1.83. The van der Waals surface area contributed by atoms with Crippen molar-refractivity contribution in [2.45, 2.75) is 6.18 Å². The first-order valence-corrected chi connectivity index (χ1v) is 4.26. The van der Waals surface area contributed by atoms with Crippen LogP contribution >= 0.6 is 0 Å². The Morgan fingerprint density at radius 3 is 2.47 bits per heavy atom. The van der Waals surface area contributed by atoms with Crippen LogP contribution in [0.2, 0.25) is 0 Å². The quantitative estimate of drug-likeness (QED) is 0.605. The molecule has 0 bridgehead atoms. The number of rotatable bonds is 1. The number of carbonyl (C=O) groups excluding carboxylic acids is 1. The molecule has 3 nitrogen and oxygen atoms in total. The summed E-state index contributed by atoms with van der Waals surface area (Å²) in [4.78, 5) is 20.5. The fourth-order valence-electron chi connectivity index (χ4n) is 1.16. The number of aromatic carboxylic acids is 1. The summed E-state index contributed by atoms with van der Waals surface area (Å²) < 4.78 is 37.6. The Bertz CT molecular complexity index is 521. The topological polar surface area (TPSA) is 54.4 Å². The number of benzene rings is 1. The number of halogens is 3. The summed E-state index contributed by atoms with van der Waals surface area (Å²) >= 11 is 0. The molecule has 0 aliphatic carbocycles. The van der Waals surface area contributed by atoms with E-state index in [9.17, 15) is 22.8 Å². The van der Waals surface area contributed by atoms with Gasteiger partial charge in [0, 0.05) is 5.56 Å². The molecule has 0 spiro atoms. The van der Waals surface area contributed by atoms with Crippen molar-refractivity contribution in [2.24, 2.45) is 0 Å². The number of carbonyl (C=O) groups is 2. The maximum absolute atomic E-state index is 12.5. The van der Waals surface area contributed by atoms with Crippen LogP contribution in [0.5, 0.6) is 0 Å². The van der Waals surface area contributed by atoms with E-state index >= 15 is 0 Å². The lowest BCUT2D eigenvalue weighted by atomic mass is 10.0. The van der Waals surface area contributed by atoms with Crippen LogP contribution in [0.3, 0.4) is 0 Å². The lowest BCUT2D eigenvalue weighted by Gasteiger charge is -2.10. The van der Waals surface area contributed by atoms with Gasteiger partial charge in [-0.3, -0.25) is 4.79 Å². The summed E-state index contributed by atoms with van der Waals surface area (Å²) in [7, 11) is 0. The zero-order valence-electron chi connectivity index (χ0n) is 8.21. The van der Waals surface area contributed by atoms with Crippen molar-refractivity contribution >= 4 is 12.3 Å². The van der Waals surface area contributed by atoms with Crippen LogP contribution in [0.4, 0.5) is 13.2 Å². The molecule has 6 heteroatoms. The number of alkyl halides is 3. The number of carboxylic acids is 1. The molecule has 1 aromatic rings. The molecule has 1 aromatic carbocycles. The normalized spacial score (nSPS) is 10.3. The molecule has 0 amide bonds. The molecule has 0 fully saturated rings. The van der Waals surface area contributed by atoms with E-state index in [1.807, 2.05) is 5.92 Å². The third kappa shape index (κ3) is 3.08. The summed E-state index contributed by atoms with van der Waals surface area (Å²) in [5.41, 5.74) is -2.22. The minimum absolute atomic E-state index is 0.0746. The minimum Gasteiger partial charge on any atom is -0.478 e. The Balaban J connectivity index is 3.39. The Morgan fingerprint density at radius 2 is 2.00 bits per heavy atom. The smallest absolute Gasteiger partial charge is 0.417 e. The van der Waals surface area contributed by atoms with E-state index in [1.165, 1.54) is 0 Å².